The van der Waals surface area contributed by atoms with Gasteiger partial charge in [0.15, 0.2) is 0 Å². The van der Waals surface area contributed by atoms with Gasteiger partial charge in [-0.2, -0.15) is 10.5 Å². The van der Waals surface area contributed by atoms with Crippen LogP contribution in [0.15, 0.2) is 168 Å². The summed E-state index contributed by atoms with van der Waals surface area (Å²) in [6.07, 6.45) is 3.87. The van der Waals surface area contributed by atoms with Crippen molar-refractivity contribution in [2.24, 2.45) is 0 Å². The highest BCUT2D eigenvalue weighted by Gasteiger charge is 2.52. The lowest BCUT2D eigenvalue weighted by molar-refractivity contribution is 0.716. The largest absolute Gasteiger partial charge is 0.308 e. The lowest BCUT2D eigenvalue weighted by Gasteiger charge is -2.40. The van der Waals surface area contributed by atoms with Crippen LogP contribution in [0.25, 0.3) is 66.4 Å². The number of hydrogen-bond donors (Lipinski definition) is 0. The Labute approximate surface area is 325 Å². The molecule has 0 fully saturated rings. The number of benzene rings is 6. The second-order valence-corrected chi connectivity index (χ2v) is 15.4. The maximum absolute atomic E-state index is 9.88. The summed E-state index contributed by atoms with van der Waals surface area (Å²) in [4.78, 5) is 12.6. The van der Waals surface area contributed by atoms with E-state index in [1.165, 1.54) is 16.3 Å². The molecule has 1 aliphatic heterocycles. The van der Waals surface area contributed by atoms with Crippen LogP contribution in [0, 0.1) is 22.7 Å². The summed E-state index contributed by atoms with van der Waals surface area (Å²) in [6, 6.07) is 55.5. The number of fused-ring (bicyclic) bond motifs is 15. The van der Waals surface area contributed by atoms with E-state index in [4.69, 9.17) is 9.97 Å². The highest BCUT2D eigenvalue weighted by atomic mass is 32.2. The van der Waals surface area contributed by atoms with Crippen LogP contribution in [0.4, 0.5) is 0 Å². The number of nitrogens with zero attached hydrogens (tertiary/aromatic N) is 6. The van der Waals surface area contributed by atoms with Crippen LogP contribution >= 0.6 is 11.8 Å². The Bertz CT molecular complexity index is 3330. The second kappa shape index (κ2) is 11.3. The molecule has 56 heavy (non-hydrogen) atoms. The quantitative estimate of drug-likeness (QED) is 0.177. The number of pyridine rings is 2. The molecule has 7 heteroatoms. The zero-order chi connectivity index (χ0) is 37.1. The molecule has 2 aliphatic rings. The number of para-hydroxylation sites is 2. The molecule has 0 N–H and O–H groups in total. The summed E-state index contributed by atoms with van der Waals surface area (Å²) in [5.74, 6) is 0. The van der Waals surface area contributed by atoms with Gasteiger partial charge in [-0.3, -0.25) is 9.97 Å². The molecule has 0 radical (unpaired) electrons. The molecule has 4 aromatic heterocycles. The van der Waals surface area contributed by atoms with Crippen molar-refractivity contribution in [2.75, 3.05) is 0 Å². The van der Waals surface area contributed by atoms with Crippen molar-refractivity contribution in [1.82, 2.24) is 19.1 Å². The van der Waals surface area contributed by atoms with Crippen LogP contribution in [-0.2, 0) is 5.41 Å². The minimum Gasteiger partial charge on any atom is -0.308 e. The first-order chi connectivity index (χ1) is 27.7. The first-order valence-corrected chi connectivity index (χ1v) is 19.3. The lowest BCUT2D eigenvalue weighted by atomic mass is 9.67. The zero-order valence-electron chi connectivity index (χ0n) is 29.6. The van der Waals surface area contributed by atoms with Gasteiger partial charge < -0.3 is 9.13 Å². The average Bonchev–Trinajstić information content (AvgIpc) is 3.87. The van der Waals surface area contributed by atoms with E-state index in [0.717, 1.165) is 82.1 Å². The van der Waals surface area contributed by atoms with Crippen molar-refractivity contribution >= 4 is 55.4 Å². The van der Waals surface area contributed by atoms with E-state index in [1.807, 2.05) is 54.9 Å². The summed E-state index contributed by atoms with van der Waals surface area (Å²) >= 11 is 1.78. The van der Waals surface area contributed by atoms with E-state index in [2.05, 4.69) is 124 Å². The van der Waals surface area contributed by atoms with Crippen LogP contribution in [0.3, 0.4) is 0 Å². The van der Waals surface area contributed by atoms with E-state index in [-0.39, 0.29) is 0 Å². The van der Waals surface area contributed by atoms with Crippen LogP contribution in [0.5, 0.6) is 0 Å². The normalized spacial score (nSPS) is 15.1. The second-order valence-electron chi connectivity index (χ2n) is 14.4. The van der Waals surface area contributed by atoms with Gasteiger partial charge in [-0.25, -0.2) is 0 Å². The fourth-order valence-corrected chi connectivity index (χ4v) is 10.8. The molecule has 1 atom stereocenters. The molecule has 6 aromatic carbocycles. The minimum absolute atomic E-state index is 0.578. The maximum Gasteiger partial charge on any atom is 0.0991 e. The fraction of sp³-hybridized carbons (Fsp3) is 0.0204. The number of aromatic nitrogens is 4. The minimum atomic E-state index is -0.728. The molecule has 1 unspecified atom stereocenters. The predicted molar refractivity (Wildman–Crippen MR) is 222 cm³/mol. The Morgan fingerprint density at radius 3 is 1.82 bits per heavy atom. The molecular formula is C49H26N6S. The summed E-state index contributed by atoms with van der Waals surface area (Å²) in [6.45, 7) is 0. The molecule has 0 bridgehead atoms. The smallest absolute Gasteiger partial charge is 0.0991 e. The van der Waals surface area contributed by atoms with Crippen molar-refractivity contribution in [2.45, 2.75) is 15.2 Å². The molecule has 0 saturated heterocycles. The molecule has 1 aliphatic carbocycles. The third kappa shape index (κ3) is 3.89. The summed E-state index contributed by atoms with van der Waals surface area (Å²) in [7, 11) is 0. The summed E-state index contributed by atoms with van der Waals surface area (Å²) in [5.41, 5.74) is 13.0. The van der Waals surface area contributed by atoms with Gasteiger partial charge >= 0.3 is 0 Å². The molecule has 12 rings (SSSR count). The van der Waals surface area contributed by atoms with E-state index >= 15 is 0 Å². The lowest BCUT2D eigenvalue weighted by Crippen LogP contribution is -2.32. The number of nitriles is 2. The highest BCUT2D eigenvalue weighted by molar-refractivity contribution is 7.99. The molecular weight excluding hydrogens is 705 g/mol. The van der Waals surface area contributed by atoms with E-state index < -0.39 is 5.41 Å². The topological polar surface area (TPSA) is 83.2 Å². The van der Waals surface area contributed by atoms with Gasteiger partial charge in [0, 0.05) is 43.1 Å². The Morgan fingerprint density at radius 2 is 1.11 bits per heavy atom. The summed E-state index contributed by atoms with van der Waals surface area (Å²) in [5, 5.41) is 24.0. The molecule has 1 spiro atoms. The zero-order valence-corrected chi connectivity index (χ0v) is 30.4. The third-order valence-corrected chi connectivity index (χ3v) is 12.9. The molecule has 258 valence electrons. The first kappa shape index (κ1) is 31.0. The van der Waals surface area contributed by atoms with Gasteiger partial charge in [-0.1, -0.05) is 84.6 Å². The average molecular weight is 731 g/mol. The SMILES string of the molecule is N#Cc1ccc2c(c1)c1cc(C#N)ccc1n2-c1cccc2c1Sc1ccccc1C21c2cccnc2-c2ncc(-n3c4ccccc4c4ccccc43)cc21. The summed E-state index contributed by atoms with van der Waals surface area (Å²) < 4.78 is 4.64. The van der Waals surface area contributed by atoms with Crippen LogP contribution < -0.4 is 0 Å². The Balaban J connectivity index is 1.20. The van der Waals surface area contributed by atoms with Crippen molar-refractivity contribution in [1.29, 1.82) is 10.5 Å². The van der Waals surface area contributed by atoms with Gasteiger partial charge in [-0.05, 0) is 89.5 Å². The highest BCUT2D eigenvalue weighted by Crippen LogP contribution is 2.62. The first-order valence-electron chi connectivity index (χ1n) is 18.4. The van der Waals surface area contributed by atoms with Crippen LogP contribution in [-0.4, -0.2) is 19.1 Å². The van der Waals surface area contributed by atoms with Gasteiger partial charge in [0.2, 0.25) is 0 Å². The molecule has 6 nitrogen and oxygen atoms in total. The van der Waals surface area contributed by atoms with Crippen molar-refractivity contribution < 1.29 is 0 Å². The van der Waals surface area contributed by atoms with Gasteiger partial charge in [-0.15, -0.1) is 0 Å². The Kier molecular flexibility index (Phi) is 6.24. The predicted octanol–water partition coefficient (Wildman–Crippen LogP) is 11.2. The van der Waals surface area contributed by atoms with Crippen LogP contribution in [0.1, 0.15) is 33.4 Å². The third-order valence-electron chi connectivity index (χ3n) is 11.7. The van der Waals surface area contributed by atoms with Crippen molar-refractivity contribution in [3.63, 3.8) is 0 Å². The number of rotatable bonds is 2. The van der Waals surface area contributed by atoms with Crippen molar-refractivity contribution in [3.05, 3.63) is 191 Å². The van der Waals surface area contributed by atoms with Gasteiger partial charge in [0.1, 0.15) is 0 Å². The molecule has 0 amide bonds. The van der Waals surface area contributed by atoms with E-state index in [0.29, 0.717) is 11.1 Å². The monoisotopic (exact) mass is 730 g/mol. The molecule has 10 aromatic rings. The van der Waals surface area contributed by atoms with Gasteiger partial charge in [0.25, 0.3) is 0 Å². The molecule has 0 saturated carbocycles. The van der Waals surface area contributed by atoms with E-state index in [1.54, 1.807) is 11.8 Å². The van der Waals surface area contributed by atoms with Crippen LogP contribution in [0.2, 0.25) is 0 Å². The van der Waals surface area contributed by atoms with Crippen molar-refractivity contribution in [3.8, 4) is 34.9 Å². The maximum atomic E-state index is 9.88. The Morgan fingerprint density at radius 1 is 0.500 bits per heavy atom. The van der Waals surface area contributed by atoms with Gasteiger partial charge in [0.05, 0.1) is 79.7 Å². The Hall–Kier alpha value is -7.45. The molecule has 5 heterocycles. The fourth-order valence-electron chi connectivity index (χ4n) is 9.52. The standard InChI is InChI=1S/C49H26N6S/c50-26-29-18-20-42-34(23-29)35-24-30(27-51)19-21-43(35)55(42)44-16-7-12-38-48(44)56-45-17-6-3-11-36(45)49(38)37-13-8-22-52-46(37)47-39(49)25-31(28-53-47)54-40-14-4-1-9-32(40)33-10-2-5-15-41(33)54/h1-25,28H. The number of hydrogen-bond acceptors (Lipinski definition) is 5. The van der Waals surface area contributed by atoms with E-state index in [9.17, 15) is 10.5 Å².